The maximum Gasteiger partial charge on any atom is 0.311 e. The molecule has 100 valence electrons. The van der Waals surface area contributed by atoms with Crippen LogP contribution in [0.3, 0.4) is 0 Å². The quantitative estimate of drug-likeness (QED) is 0.620. The molecule has 1 saturated carbocycles. The van der Waals surface area contributed by atoms with E-state index >= 15 is 0 Å². The van der Waals surface area contributed by atoms with Gasteiger partial charge in [-0.05, 0) is 18.9 Å². The Hall–Kier alpha value is -2.36. The number of hydrogen-bond donors (Lipinski definition) is 1. The number of hydrogen-bond acceptors (Lipinski definition) is 6. The third-order valence-electron chi connectivity index (χ3n) is 3.03. The zero-order valence-electron chi connectivity index (χ0n) is 10.7. The van der Waals surface area contributed by atoms with Crippen LogP contribution in [0.1, 0.15) is 19.3 Å². The molecule has 7 heteroatoms. The highest BCUT2D eigenvalue weighted by atomic mass is 16.6. The number of anilines is 2. The van der Waals surface area contributed by atoms with Crippen LogP contribution >= 0.6 is 0 Å². The topological polar surface area (TPSA) is 95.1 Å². The average molecular weight is 261 g/mol. The minimum absolute atomic E-state index is 0.0103. The molecule has 1 aliphatic rings. The second-order valence-corrected chi connectivity index (χ2v) is 4.38. The van der Waals surface area contributed by atoms with E-state index in [1.807, 2.05) is 4.90 Å². The lowest BCUT2D eigenvalue weighted by molar-refractivity contribution is -0.384. The zero-order valence-corrected chi connectivity index (χ0v) is 10.7. The molecule has 0 aromatic carbocycles. The summed E-state index contributed by atoms with van der Waals surface area (Å²) in [6.07, 6.45) is 2.32. The van der Waals surface area contributed by atoms with Gasteiger partial charge in [0.2, 0.25) is 5.82 Å². The van der Waals surface area contributed by atoms with Gasteiger partial charge in [0, 0.05) is 25.7 Å². The van der Waals surface area contributed by atoms with Crippen molar-refractivity contribution >= 4 is 17.3 Å². The van der Waals surface area contributed by atoms with Crippen LogP contribution < -0.4 is 10.2 Å². The summed E-state index contributed by atoms with van der Waals surface area (Å²) < 4.78 is 0. The Morgan fingerprint density at radius 1 is 1.63 bits per heavy atom. The van der Waals surface area contributed by atoms with Crippen molar-refractivity contribution in [2.45, 2.75) is 25.3 Å². The van der Waals surface area contributed by atoms with Crippen LogP contribution in [-0.2, 0) is 0 Å². The Labute approximate surface area is 111 Å². The van der Waals surface area contributed by atoms with Crippen molar-refractivity contribution in [3.63, 3.8) is 0 Å². The van der Waals surface area contributed by atoms with Gasteiger partial charge in [0.05, 0.1) is 17.4 Å². The van der Waals surface area contributed by atoms with Crippen LogP contribution in [0.5, 0.6) is 0 Å². The van der Waals surface area contributed by atoms with Crippen molar-refractivity contribution in [1.29, 1.82) is 5.26 Å². The summed E-state index contributed by atoms with van der Waals surface area (Å²) in [5.74, 6) is 0.942. The van der Waals surface area contributed by atoms with E-state index in [1.54, 1.807) is 13.1 Å². The van der Waals surface area contributed by atoms with Crippen LogP contribution in [0.4, 0.5) is 17.3 Å². The van der Waals surface area contributed by atoms with E-state index in [1.165, 1.54) is 6.07 Å². The van der Waals surface area contributed by atoms with Crippen molar-refractivity contribution < 1.29 is 4.92 Å². The summed E-state index contributed by atoms with van der Waals surface area (Å²) in [5, 5.41) is 22.7. The molecule has 1 aromatic heterocycles. The highest BCUT2D eigenvalue weighted by Crippen LogP contribution is 2.36. The molecule has 0 unspecified atom stereocenters. The van der Waals surface area contributed by atoms with Gasteiger partial charge in [0.1, 0.15) is 5.82 Å². The third-order valence-corrected chi connectivity index (χ3v) is 3.03. The molecular formula is C12H15N5O2. The summed E-state index contributed by atoms with van der Waals surface area (Å²) in [7, 11) is 1.72. The largest absolute Gasteiger partial charge is 0.373 e. The molecule has 1 heterocycles. The van der Waals surface area contributed by atoms with Crippen LogP contribution in [0, 0.1) is 21.4 Å². The number of rotatable bonds is 6. The van der Waals surface area contributed by atoms with Gasteiger partial charge in [-0.3, -0.25) is 10.1 Å². The second-order valence-electron chi connectivity index (χ2n) is 4.38. The number of pyridine rings is 1. The van der Waals surface area contributed by atoms with Crippen molar-refractivity contribution in [2.24, 2.45) is 0 Å². The number of nitro groups is 1. The molecular weight excluding hydrogens is 246 g/mol. The zero-order chi connectivity index (χ0) is 13.8. The molecule has 1 aliphatic carbocycles. The predicted octanol–water partition coefficient (Wildman–Crippen LogP) is 1.91. The van der Waals surface area contributed by atoms with Crippen LogP contribution in [0.15, 0.2) is 12.1 Å². The van der Waals surface area contributed by atoms with Gasteiger partial charge in [0.25, 0.3) is 0 Å². The first-order valence-corrected chi connectivity index (χ1v) is 6.14. The van der Waals surface area contributed by atoms with E-state index in [-0.39, 0.29) is 11.7 Å². The lowest BCUT2D eigenvalue weighted by Crippen LogP contribution is -2.28. The van der Waals surface area contributed by atoms with Crippen molar-refractivity contribution in [2.75, 3.05) is 23.8 Å². The fourth-order valence-electron chi connectivity index (χ4n) is 1.95. The lowest BCUT2D eigenvalue weighted by Gasteiger charge is -2.22. The molecule has 7 nitrogen and oxygen atoms in total. The summed E-state index contributed by atoms with van der Waals surface area (Å²) in [5.41, 5.74) is -0.0103. The highest BCUT2D eigenvalue weighted by molar-refractivity contribution is 5.62. The summed E-state index contributed by atoms with van der Waals surface area (Å²) in [6, 6.07) is 5.38. The van der Waals surface area contributed by atoms with Crippen LogP contribution in [-0.4, -0.2) is 29.5 Å². The minimum Gasteiger partial charge on any atom is -0.373 e. The Morgan fingerprint density at radius 2 is 2.37 bits per heavy atom. The third kappa shape index (κ3) is 2.91. The van der Waals surface area contributed by atoms with E-state index in [9.17, 15) is 10.1 Å². The summed E-state index contributed by atoms with van der Waals surface area (Å²) >= 11 is 0. The van der Waals surface area contributed by atoms with E-state index in [4.69, 9.17) is 5.26 Å². The standard InChI is InChI=1S/C12H15N5O2/c1-14-11-6-5-10(17(18)19)12(15-11)16(8-2-7-13)9-3-4-9/h5-6,9H,2-4,8H2,1H3,(H,14,15). The maximum absolute atomic E-state index is 11.1. The molecule has 1 N–H and O–H groups in total. The first kappa shape index (κ1) is 13.1. The fourth-order valence-corrected chi connectivity index (χ4v) is 1.95. The molecule has 2 rings (SSSR count). The Morgan fingerprint density at radius 3 is 2.89 bits per heavy atom. The monoisotopic (exact) mass is 261 g/mol. The molecule has 0 bridgehead atoms. The molecule has 0 atom stereocenters. The first-order chi connectivity index (χ1) is 9.17. The van der Waals surface area contributed by atoms with Crippen LogP contribution in [0.25, 0.3) is 0 Å². The average Bonchev–Trinajstić information content (AvgIpc) is 3.23. The SMILES string of the molecule is CNc1ccc([N+](=O)[O-])c(N(CCC#N)C2CC2)n1. The molecule has 0 radical (unpaired) electrons. The minimum atomic E-state index is -0.427. The number of nitriles is 1. The van der Waals surface area contributed by atoms with E-state index in [2.05, 4.69) is 16.4 Å². The number of nitrogens with one attached hydrogen (secondary N) is 1. The molecule has 0 amide bonds. The van der Waals surface area contributed by atoms with Gasteiger partial charge in [-0.15, -0.1) is 0 Å². The Bertz CT molecular complexity index is 521. The molecule has 0 saturated heterocycles. The molecule has 19 heavy (non-hydrogen) atoms. The van der Waals surface area contributed by atoms with E-state index in [0.717, 1.165) is 12.8 Å². The fraction of sp³-hybridized carbons (Fsp3) is 0.500. The highest BCUT2D eigenvalue weighted by Gasteiger charge is 2.33. The molecule has 1 fully saturated rings. The van der Waals surface area contributed by atoms with Crippen molar-refractivity contribution in [1.82, 2.24) is 4.98 Å². The Balaban J connectivity index is 2.37. The molecule has 0 aliphatic heterocycles. The maximum atomic E-state index is 11.1. The Kier molecular flexibility index (Phi) is 3.80. The summed E-state index contributed by atoms with van der Waals surface area (Å²) in [6.45, 7) is 0.474. The van der Waals surface area contributed by atoms with Crippen LogP contribution in [0.2, 0.25) is 0 Å². The van der Waals surface area contributed by atoms with Gasteiger partial charge in [0.15, 0.2) is 0 Å². The summed E-state index contributed by atoms with van der Waals surface area (Å²) in [4.78, 5) is 16.8. The van der Waals surface area contributed by atoms with E-state index < -0.39 is 4.92 Å². The van der Waals surface area contributed by atoms with Gasteiger partial charge in [-0.1, -0.05) is 0 Å². The predicted molar refractivity (Wildman–Crippen MR) is 71.0 cm³/mol. The smallest absolute Gasteiger partial charge is 0.311 e. The lowest BCUT2D eigenvalue weighted by atomic mass is 10.3. The van der Waals surface area contributed by atoms with Gasteiger partial charge >= 0.3 is 5.69 Å². The number of aromatic nitrogens is 1. The van der Waals surface area contributed by atoms with Gasteiger partial charge in [-0.2, -0.15) is 5.26 Å². The van der Waals surface area contributed by atoms with Crippen molar-refractivity contribution in [3.8, 4) is 6.07 Å². The van der Waals surface area contributed by atoms with Gasteiger partial charge < -0.3 is 10.2 Å². The van der Waals surface area contributed by atoms with Gasteiger partial charge in [-0.25, -0.2) is 4.98 Å². The normalized spacial score (nSPS) is 13.7. The molecule has 1 aromatic rings. The first-order valence-electron chi connectivity index (χ1n) is 6.14. The second kappa shape index (κ2) is 5.52. The van der Waals surface area contributed by atoms with Crippen molar-refractivity contribution in [3.05, 3.63) is 22.2 Å². The molecule has 0 spiro atoms. The number of nitrogens with zero attached hydrogens (tertiary/aromatic N) is 4. The van der Waals surface area contributed by atoms with E-state index in [0.29, 0.717) is 24.6 Å².